The van der Waals surface area contributed by atoms with E-state index >= 15 is 0 Å². The first-order valence-electron chi connectivity index (χ1n) is 5.90. The van der Waals surface area contributed by atoms with Crippen molar-refractivity contribution in [1.82, 2.24) is 9.88 Å². The highest BCUT2D eigenvalue weighted by Crippen LogP contribution is 2.17. The third-order valence-corrected chi connectivity index (χ3v) is 3.89. The minimum atomic E-state index is 0. The lowest BCUT2D eigenvalue weighted by Gasteiger charge is -2.15. The lowest BCUT2D eigenvalue weighted by atomic mass is 10.3. The van der Waals surface area contributed by atoms with E-state index in [9.17, 15) is 0 Å². The summed E-state index contributed by atoms with van der Waals surface area (Å²) in [6, 6.07) is 7.85. The largest absolute Gasteiger partial charge is 0.492 e. The maximum atomic E-state index is 5.68. The van der Waals surface area contributed by atoms with E-state index in [2.05, 4.69) is 32.9 Å². The Morgan fingerprint density at radius 2 is 2.05 bits per heavy atom. The second-order valence-corrected chi connectivity index (χ2v) is 6.27. The first-order chi connectivity index (χ1) is 9.13. The Balaban J connectivity index is 0.00000200. The molecule has 0 aliphatic rings. The molecule has 2 aromatic rings. The molecule has 20 heavy (non-hydrogen) atoms. The van der Waals surface area contributed by atoms with Crippen LogP contribution >= 0.6 is 39.7 Å². The van der Waals surface area contributed by atoms with Crippen LogP contribution in [-0.4, -0.2) is 30.1 Å². The average molecular weight is 379 g/mol. The molecular weight excluding hydrogens is 362 g/mol. The monoisotopic (exact) mass is 377 g/mol. The van der Waals surface area contributed by atoms with Crippen LogP contribution in [0.5, 0.6) is 5.75 Å². The van der Waals surface area contributed by atoms with E-state index in [0.29, 0.717) is 11.7 Å². The van der Waals surface area contributed by atoms with Crippen molar-refractivity contribution >= 4 is 44.8 Å². The average Bonchev–Trinajstić information content (AvgIpc) is 2.77. The van der Waals surface area contributed by atoms with Gasteiger partial charge >= 0.3 is 0 Å². The van der Waals surface area contributed by atoms with Gasteiger partial charge in [-0.05, 0) is 31.3 Å². The minimum Gasteiger partial charge on any atom is -0.492 e. The molecule has 0 saturated heterocycles. The van der Waals surface area contributed by atoms with Crippen LogP contribution in [0.1, 0.15) is 4.88 Å². The number of aromatic nitrogens is 1. The molecule has 2 N–H and O–H groups in total. The van der Waals surface area contributed by atoms with Gasteiger partial charge in [-0.25, -0.2) is 4.98 Å². The molecule has 0 bridgehead atoms. The fourth-order valence-corrected chi connectivity index (χ4v) is 2.62. The molecule has 0 aliphatic carbocycles. The van der Waals surface area contributed by atoms with Gasteiger partial charge in [0.25, 0.3) is 0 Å². The zero-order chi connectivity index (χ0) is 13.7. The van der Waals surface area contributed by atoms with Gasteiger partial charge in [-0.2, -0.15) is 0 Å². The summed E-state index contributed by atoms with van der Waals surface area (Å²) >= 11 is 4.92. The molecule has 0 spiro atoms. The topological polar surface area (TPSA) is 51.4 Å². The maximum absolute atomic E-state index is 5.68. The number of nitrogen functional groups attached to an aromatic ring is 1. The van der Waals surface area contributed by atoms with E-state index in [1.54, 1.807) is 0 Å². The molecule has 0 fully saturated rings. The molecule has 1 heterocycles. The lowest BCUT2D eigenvalue weighted by Crippen LogP contribution is -2.23. The molecule has 0 atom stereocenters. The smallest absolute Gasteiger partial charge is 0.180 e. The standard InChI is InChI=1S/C13H16BrN3OS.ClH/c1-17(9-12-8-16-13(15)19-12)6-7-18-11-4-2-10(14)3-5-11;/h2-5,8H,6-7,9H2,1H3,(H2,15,16);1H. The molecule has 2 rings (SSSR count). The third-order valence-electron chi connectivity index (χ3n) is 2.55. The van der Waals surface area contributed by atoms with Gasteiger partial charge in [-0.3, -0.25) is 4.90 Å². The van der Waals surface area contributed by atoms with Crippen LogP contribution in [0.3, 0.4) is 0 Å². The summed E-state index contributed by atoms with van der Waals surface area (Å²) in [5.74, 6) is 0.888. The first kappa shape index (κ1) is 17.2. The zero-order valence-corrected chi connectivity index (χ0v) is 14.3. The predicted molar refractivity (Wildman–Crippen MR) is 89.7 cm³/mol. The lowest BCUT2D eigenvalue weighted by molar-refractivity contribution is 0.234. The van der Waals surface area contributed by atoms with Gasteiger partial charge in [0.1, 0.15) is 12.4 Å². The van der Waals surface area contributed by atoms with Crippen molar-refractivity contribution in [2.24, 2.45) is 0 Å². The number of halogens is 2. The van der Waals surface area contributed by atoms with Crippen molar-refractivity contribution in [3.63, 3.8) is 0 Å². The highest BCUT2D eigenvalue weighted by molar-refractivity contribution is 9.10. The number of anilines is 1. The summed E-state index contributed by atoms with van der Waals surface area (Å²) in [6.45, 7) is 2.36. The fourth-order valence-electron chi connectivity index (χ4n) is 1.59. The minimum absolute atomic E-state index is 0. The summed E-state index contributed by atoms with van der Waals surface area (Å²) < 4.78 is 6.73. The summed E-state index contributed by atoms with van der Waals surface area (Å²) in [5.41, 5.74) is 5.60. The number of rotatable bonds is 6. The predicted octanol–water partition coefficient (Wildman–Crippen LogP) is 3.42. The van der Waals surface area contributed by atoms with Gasteiger partial charge in [0.05, 0.1) is 0 Å². The second-order valence-electron chi connectivity index (χ2n) is 4.20. The number of nitrogens with zero attached hydrogens (tertiary/aromatic N) is 2. The number of likely N-dealkylation sites (N-methyl/N-ethyl adjacent to an activating group) is 1. The van der Waals surface area contributed by atoms with Crippen LogP contribution in [0.25, 0.3) is 0 Å². The van der Waals surface area contributed by atoms with Crippen LogP contribution in [0.4, 0.5) is 5.13 Å². The summed E-state index contributed by atoms with van der Waals surface area (Å²) in [7, 11) is 2.06. The number of benzene rings is 1. The Morgan fingerprint density at radius 3 is 2.65 bits per heavy atom. The van der Waals surface area contributed by atoms with Crippen LogP contribution in [-0.2, 0) is 6.54 Å². The molecule has 0 amide bonds. The Bertz CT molecular complexity index is 521. The zero-order valence-electron chi connectivity index (χ0n) is 11.1. The molecule has 0 radical (unpaired) electrons. The second kappa shape index (κ2) is 8.46. The molecule has 0 saturated carbocycles. The van der Waals surface area contributed by atoms with E-state index in [1.807, 2.05) is 30.5 Å². The van der Waals surface area contributed by atoms with E-state index in [4.69, 9.17) is 10.5 Å². The van der Waals surface area contributed by atoms with Gasteiger partial charge in [0, 0.05) is 28.6 Å². The fraction of sp³-hybridized carbons (Fsp3) is 0.308. The normalized spacial score (nSPS) is 10.3. The molecule has 0 unspecified atom stereocenters. The number of hydrogen-bond donors (Lipinski definition) is 1. The van der Waals surface area contributed by atoms with Crippen LogP contribution in [0.15, 0.2) is 34.9 Å². The summed E-state index contributed by atoms with van der Waals surface area (Å²) in [4.78, 5) is 7.40. The van der Waals surface area contributed by atoms with Crippen molar-refractivity contribution in [2.45, 2.75) is 6.54 Å². The first-order valence-corrected chi connectivity index (χ1v) is 7.51. The van der Waals surface area contributed by atoms with E-state index in [0.717, 1.165) is 23.3 Å². The van der Waals surface area contributed by atoms with Crippen LogP contribution in [0.2, 0.25) is 0 Å². The highest BCUT2D eigenvalue weighted by atomic mass is 79.9. The Kier molecular flexibility index (Phi) is 7.29. The van der Waals surface area contributed by atoms with Gasteiger partial charge in [0.15, 0.2) is 5.13 Å². The number of ether oxygens (including phenoxy) is 1. The van der Waals surface area contributed by atoms with Crippen molar-refractivity contribution in [2.75, 3.05) is 25.9 Å². The van der Waals surface area contributed by atoms with Gasteiger partial charge in [0.2, 0.25) is 0 Å². The van der Waals surface area contributed by atoms with E-state index in [-0.39, 0.29) is 12.4 Å². The number of thiazole rings is 1. The van der Waals surface area contributed by atoms with E-state index < -0.39 is 0 Å². The summed E-state index contributed by atoms with van der Waals surface area (Å²) in [6.07, 6.45) is 1.83. The third kappa shape index (κ3) is 5.66. The molecule has 1 aromatic carbocycles. The number of hydrogen-bond acceptors (Lipinski definition) is 5. The van der Waals surface area contributed by atoms with Crippen molar-refractivity contribution in [3.05, 3.63) is 39.8 Å². The summed E-state index contributed by atoms with van der Waals surface area (Å²) in [5, 5.41) is 0.620. The number of nitrogens with two attached hydrogens (primary N) is 1. The Hall–Kier alpha value is -0.820. The van der Waals surface area contributed by atoms with Crippen LogP contribution in [0, 0.1) is 0 Å². The molecule has 110 valence electrons. The maximum Gasteiger partial charge on any atom is 0.180 e. The van der Waals surface area contributed by atoms with Gasteiger partial charge < -0.3 is 10.5 Å². The molecule has 1 aromatic heterocycles. The molecule has 0 aliphatic heterocycles. The van der Waals surface area contributed by atoms with Crippen molar-refractivity contribution in [3.8, 4) is 5.75 Å². The Labute approximate surface area is 137 Å². The molecular formula is C13H17BrClN3OS. The molecule has 7 heteroatoms. The quantitative estimate of drug-likeness (QED) is 0.837. The van der Waals surface area contributed by atoms with E-state index in [1.165, 1.54) is 16.2 Å². The van der Waals surface area contributed by atoms with Crippen molar-refractivity contribution in [1.29, 1.82) is 0 Å². The van der Waals surface area contributed by atoms with Crippen molar-refractivity contribution < 1.29 is 4.74 Å². The molecule has 4 nitrogen and oxygen atoms in total. The highest BCUT2D eigenvalue weighted by Gasteiger charge is 2.04. The Morgan fingerprint density at radius 1 is 1.35 bits per heavy atom. The van der Waals surface area contributed by atoms with Crippen LogP contribution < -0.4 is 10.5 Å². The SMILES string of the molecule is CN(CCOc1ccc(Br)cc1)Cc1cnc(N)s1.Cl. The van der Waals surface area contributed by atoms with Gasteiger partial charge in [-0.15, -0.1) is 23.7 Å². The van der Waals surface area contributed by atoms with Gasteiger partial charge in [-0.1, -0.05) is 15.9 Å².